The first-order chi connectivity index (χ1) is 13.5. The number of nitrogens with zero attached hydrogens (tertiary/aromatic N) is 1. The number of aliphatic hydroxyl groups is 1. The smallest absolute Gasteiger partial charge is 0.322 e. The second-order valence-corrected chi connectivity index (χ2v) is 7.61. The third-order valence-corrected chi connectivity index (χ3v) is 4.84. The minimum Gasteiger partial charge on any atom is -0.394 e. The molecule has 0 saturated carbocycles. The summed E-state index contributed by atoms with van der Waals surface area (Å²) < 4.78 is 0. The van der Waals surface area contributed by atoms with E-state index in [9.17, 15) is 14.7 Å². The maximum atomic E-state index is 12.5. The van der Waals surface area contributed by atoms with Gasteiger partial charge in [0.2, 0.25) is 0 Å². The summed E-state index contributed by atoms with van der Waals surface area (Å²) >= 11 is 0. The fourth-order valence-corrected chi connectivity index (χ4v) is 3.40. The lowest BCUT2D eigenvalue weighted by Crippen LogP contribution is -2.38. The van der Waals surface area contributed by atoms with Gasteiger partial charge in [0.05, 0.1) is 12.6 Å². The summed E-state index contributed by atoms with van der Waals surface area (Å²) in [6.45, 7) is 5.20. The van der Waals surface area contributed by atoms with Gasteiger partial charge in [0.1, 0.15) is 0 Å². The number of urea groups is 1. The molecule has 0 radical (unpaired) electrons. The van der Waals surface area contributed by atoms with E-state index in [-0.39, 0.29) is 24.6 Å². The summed E-state index contributed by atoms with van der Waals surface area (Å²) in [5, 5.41) is 15.1. The van der Waals surface area contributed by atoms with Crippen molar-refractivity contribution < 1.29 is 14.7 Å². The molecule has 6 nitrogen and oxygen atoms in total. The molecule has 0 spiro atoms. The summed E-state index contributed by atoms with van der Waals surface area (Å²) in [6, 6.07) is 14.4. The molecule has 1 aliphatic heterocycles. The van der Waals surface area contributed by atoms with Crippen molar-refractivity contribution in [1.82, 2.24) is 10.2 Å². The number of fused-ring (bicyclic) bond motifs is 1. The van der Waals surface area contributed by atoms with Crippen LogP contribution in [0.5, 0.6) is 0 Å². The number of aliphatic hydroxyl groups excluding tert-OH is 1. The molecule has 0 bridgehead atoms. The van der Waals surface area contributed by atoms with Crippen molar-refractivity contribution in [1.29, 1.82) is 0 Å². The molecule has 1 aliphatic rings. The van der Waals surface area contributed by atoms with E-state index in [1.165, 1.54) is 11.1 Å². The lowest BCUT2D eigenvalue weighted by molar-refractivity contribution is 0.0908. The zero-order valence-electron chi connectivity index (χ0n) is 16.3. The summed E-state index contributed by atoms with van der Waals surface area (Å²) in [4.78, 5) is 26.6. The molecule has 1 heterocycles. The number of amides is 3. The summed E-state index contributed by atoms with van der Waals surface area (Å²) in [5.74, 6) is 0.152. The molecule has 0 aromatic heterocycles. The van der Waals surface area contributed by atoms with Gasteiger partial charge in [0, 0.05) is 24.3 Å². The van der Waals surface area contributed by atoms with Crippen LogP contribution in [0.2, 0.25) is 0 Å². The Balaban J connectivity index is 1.56. The van der Waals surface area contributed by atoms with Gasteiger partial charge < -0.3 is 20.6 Å². The maximum Gasteiger partial charge on any atom is 0.322 e. The highest BCUT2D eigenvalue weighted by Gasteiger charge is 2.23. The SMILES string of the molecule is CC(C)C[C@H](CO)NC(=O)c1ccc(NC(=O)N2Cc3ccccc3C2)cc1. The number of carbonyl (C=O) groups excluding carboxylic acids is 2. The number of nitrogens with one attached hydrogen (secondary N) is 2. The fraction of sp³-hybridized carbons (Fsp3) is 0.364. The Morgan fingerprint density at radius 1 is 1.04 bits per heavy atom. The van der Waals surface area contributed by atoms with Crippen molar-refractivity contribution in [3.63, 3.8) is 0 Å². The standard InChI is InChI=1S/C22H27N3O3/c1-15(2)11-20(14-26)23-21(27)16-7-9-19(10-8-16)24-22(28)25-12-17-5-3-4-6-18(17)13-25/h3-10,15,20,26H,11-14H2,1-2H3,(H,23,27)(H,24,28)/t20-/m1/s1. The molecule has 28 heavy (non-hydrogen) atoms. The van der Waals surface area contributed by atoms with Crippen LogP contribution in [0, 0.1) is 5.92 Å². The Morgan fingerprint density at radius 2 is 1.64 bits per heavy atom. The fourth-order valence-electron chi connectivity index (χ4n) is 3.40. The summed E-state index contributed by atoms with van der Waals surface area (Å²) in [6.07, 6.45) is 0.717. The van der Waals surface area contributed by atoms with Crippen LogP contribution in [0.3, 0.4) is 0 Å². The number of rotatable bonds is 6. The number of hydrogen-bond acceptors (Lipinski definition) is 3. The van der Waals surface area contributed by atoms with Gasteiger partial charge in [-0.2, -0.15) is 0 Å². The Morgan fingerprint density at radius 3 is 2.18 bits per heavy atom. The Kier molecular flexibility index (Phi) is 6.31. The molecule has 2 aromatic rings. The highest BCUT2D eigenvalue weighted by molar-refractivity contribution is 5.95. The molecule has 3 rings (SSSR count). The van der Waals surface area contributed by atoms with Crippen LogP contribution in [-0.4, -0.2) is 34.6 Å². The molecule has 3 N–H and O–H groups in total. The molecule has 0 fully saturated rings. The van der Waals surface area contributed by atoms with Crippen molar-refractivity contribution in [2.24, 2.45) is 5.92 Å². The summed E-state index contributed by atoms with van der Waals surface area (Å²) in [5.41, 5.74) is 3.47. The van der Waals surface area contributed by atoms with Crippen molar-refractivity contribution in [3.8, 4) is 0 Å². The van der Waals surface area contributed by atoms with E-state index in [4.69, 9.17) is 0 Å². The van der Waals surface area contributed by atoms with E-state index in [0.717, 1.165) is 0 Å². The number of carbonyl (C=O) groups is 2. The average molecular weight is 381 g/mol. The molecule has 6 heteroatoms. The van der Waals surface area contributed by atoms with Gasteiger partial charge in [-0.1, -0.05) is 38.1 Å². The maximum absolute atomic E-state index is 12.5. The first-order valence-corrected chi connectivity index (χ1v) is 9.60. The van der Waals surface area contributed by atoms with E-state index in [1.54, 1.807) is 29.2 Å². The van der Waals surface area contributed by atoms with Crippen LogP contribution in [0.15, 0.2) is 48.5 Å². The minimum absolute atomic E-state index is 0.0870. The monoisotopic (exact) mass is 381 g/mol. The Labute approximate surface area is 165 Å². The van der Waals surface area contributed by atoms with Gasteiger partial charge in [-0.05, 0) is 47.7 Å². The second kappa shape index (κ2) is 8.89. The molecular formula is C22H27N3O3. The number of benzene rings is 2. The lowest BCUT2D eigenvalue weighted by Gasteiger charge is -2.18. The molecule has 0 aliphatic carbocycles. The van der Waals surface area contributed by atoms with E-state index in [2.05, 4.69) is 10.6 Å². The van der Waals surface area contributed by atoms with Crippen molar-refractivity contribution in [2.75, 3.05) is 11.9 Å². The highest BCUT2D eigenvalue weighted by atomic mass is 16.3. The van der Waals surface area contributed by atoms with Crippen molar-refractivity contribution in [2.45, 2.75) is 39.4 Å². The Hall–Kier alpha value is -2.86. The average Bonchev–Trinajstić information content (AvgIpc) is 3.12. The first-order valence-electron chi connectivity index (χ1n) is 9.60. The summed E-state index contributed by atoms with van der Waals surface area (Å²) in [7, 11) is 0. The van der Waals surface area contributed by atoms with E-state index in [1.807, 2.05) is 38.1 Å². The van der Waals surface area contributed by atoms with Gasteiger partial charge >= 0.3 is 6.03 Å². The van der Waals surface area contributed by atoms with Gasteiger partial charge in [0.25, 0.3) is 5.91 Å². The van der Waals surface area contributed by atoms with Crippen LogP contribution in [0.1, 0.15) is 41.8 Å². The molecule has 2 aromatic carbocycles. The third-order valence-electron chi connectivity index (χ3n) is 4.84. The van der Waals surface area contributed by atoms with Gasteiger partial charge in [-0.15, -0.1) is 0 Å². The van der Waals surface area contributed by atoms with Crippen LogP contribution in [0.4, 0.5) is 10.5 Å². The predicted molar refractivity (Wildman–Crippen MR) is 109 cm³/mol. The van der Waals surface area contributed by atoms with Crippen molar-refractivity contribution >= 4 is 17.6 Å². The van der Waals surface area contributed by atoms with Crippen LogP contribution in [0.25, 0.3) is 0 Å². The van der Waals surface area contributed by atoms with E-state index >= 15 is 0 Å². The van der Waals surface area contributed by atoms with Crippen LogP contribution < -0.4 is 10.6 Å². The molecule has 1 atom stereocenters. The van der Waals surface area contributed by atoms with Crippen molar-refractivity contribution in [3.05, 3.63) is 65.2 Å². The van der Waals surface area contributed by atoms with Gasteiger partial charge in [-0.3, -0.25) is 4.79 Å². The molecule has 148 valence electrons. The first kappa shape index (κ1) is 19.9. The van der Waals surface area contributed by atoms with E-state index in [0.29, 0.717) is 36.7 Å². The van der Waals surface area contributed by atoms with Gasteiger partial charge in [-0.25, -0.2) is 4.79 Å². The molecular weight excluding hydrogens is 354 g/mol. The largest absolute Gasteiger partial charge is 0.394 e. The second-order valence-electron chi connectivity index (χ2n) is 7.61. The number of anilines is 1. The molecule has 0 saturated heterocycles. The normalized spacial score (nSPS) is 13.9. The highest BCUT2D eigenvalue weighted by Crippen LogP contribution is 2.23. The topological polar surface area (TPSA) is 81.7 Å². The van der Waals surface area contributed by atoms with Crippen LogP contribution >= 0.6 is 0 Å². The molecule has 0 unspecified atom stereocenters. The number of hydrogen-bond donors (Lipinski definition) is 3. The lowest BCUT2D eigenvalue weighted by atomic mass is 10.0. The quantitative estimate of drug-likeness (QED) is 0.718. The predicted octanol–water partition coefficient (Wildman–Crippen LogP) is 3.37. The zero-order chi connectivity index (χ0) is 20.1. The third kappa shape index (κ3) is 4.89. The minimum atomic E-state index is -0.260. The van der Waals surface area contributed by atoms with Gasteiger partial charge in [0.15, 0.2) is 0 Å². The molecule has 3 amide bonds. The van der Waals surface area contributed by atoms with E-state index < -0.39 is 0 Å². The Bertz CT molecular complexity index is 808. The zero-order valence-corrected chi connectivity index (χ0v) is 16.3. The van der Waals surface area contributed by atoms with Crippen LogP contribution in [-0.2, 0) is 13.1 Å².